The van der Waals surface area contributed by atoms with Crippen LogP contribution in [-0.4, -0.2) is 28.9 Å². The number of benzene rings is 1. The Balaban J connectivity index is 1.83. The van der Waals surface area contributed by atoms with Crippen molar-refractivity contribution in [2.24, 2.45) is 5.92 Å². The van der Waals surface area contributed by atoms with Gasteiger partial charge in [-0.1, -0.05) is 24.3 Å². The van der Waals surface area contributed by atoms with Crippen LogP contribution in [0.5, 0.6) is 0 Å². The van der Waals surface area contributed by atoms with E-state index in [1.165, 1.54) is 5.56 Å². The summed E-state index contributed by atoms with van der Waals surface area (Å²) in [7, 11) is 0. The summed E-state index contributed by atoms with van der Waals surface area (Å²) < 4.78 is 0. The Morgan fingerprint density at radius 3 is 3.00 bits per heavy atom. The SMILES string of the molecule is CC1NNC2NC(=O)CSC(c3cccc4cccnc34)C12. The molecule has 1 aromatic heterocycles. The van der Waals surface area contributed by atoms with Crippen LogP contribution in [0, 0.1) is 5.92 Å². The maximum Gasteiger partial charge on any atom is 0.231 e. The Morgan fingerprint density at radius 2 is 2.09 bits per heavy atom. The van der Waals surface area contributed by atoms with Crippen LogP contribution in [0.25, 0.3) is 10.9 Å². The molecule has 0 aliphatic carbocycles. The molecule has 3 N–H and O–H groups in total. The lowest BCUT2D eigenvalue weighted by atomic mass is 9.90. The molecule has 2 saturated heterocycles. The average molecular weight is 314 g/mol. The molecule has 0 spiro atoms. The lowest BCUT2D eigenvalue weighted by molar-refractivity contribution is -0.119. The summed E-state index contributed by atoms with van der Waals surface area (Å²) in [6, 6.07) is 10.6. The van der Waals surface area contributed by atoms with Crippen molar-refractivity contribution in [1.82, 2.24) is 21.2 Å². The number of rotatable bonds is 1. The number of para-hydroxylation sites is 1. The first-order chi connectivity index (χ1) is 10.7. The Labute approximate surface area is 133 Å². The van der Waals surface area contributed by atoms with Crippen molar-refractivity contribution in [2.45, 2.75) is 24.4 Å². The molecule has 2 aliphatic heterocycles. The lowest BCUT2D eigenvalue weighted by Gasteiger charge is -2.27. The van der Waals surface area contributed by atoms with Gasteiger partial charge in [0, 0.05) is 28.8 Å². The molecule has 0 saturated carbocycles. The van der Waals surface area contributed by atoms with Gasteiger partial charge in [-0.05, 0) is 18.6 Å². The number of nitrogens with zero attached hydrogens (tertiary/aromatic N) is 1. The third-order valence-corrected chi connectivity index (χ3v) is 5.82. The number of amides is 1. The monoisotopic (exact) mass is 314 g/mol. The maximum atomic E-state index is 12.0. The predicted octanol–water partition coefficient (Wildman–Crippen LogP) is 1.58. The molecule has 6 heteroatoms. The third-order valence-electron chi connectivity index (χ3n) is 4.46. The first-order valence-corrected chi connectivity index (χ1v) is 8.54. The normalized spacial score (nSPS) is 31.6. The van der Waals surface area contributed by atoms with Gasteiger partial charge in [-0.25, -0.2) is 5.43 Å². The number of hydrogen-bond donors (Lipinski definition) is 3. The van der Waals surface area contributed by atoms with Crippen molar-refractivity contribution >= 4 is 28.6 Å². The molecular weight excluding hydrogens is 296 g/mol. The zero-order valence-electron chi connectivity index (χ0n) is 12.2. The van der Waals surface area contributed by atoms with Crippen LogP contribution in [-0.2, 0) is 4.79 Å². The number of pyridine rings is 1. The molecule has 114 valence electrons. The summed E-state index contributed by atoms with van der Waals surface area (Å²) >= 11 is 1.71. The Kier molecular flexibility index (Phi) is 3.52. The van der Waals surface area contributed by atoms with Gasteiger partial charge in [-0.3, -0.25) is 15.2 Å². The largest absolute Gasteiger partial charge is 0.338 e. The van der Waals surface area contributed by atoms with Gasteiger partial charge in [0.15, 0.2) is 0 Å². The quantitative estimate of drug-likeness (QED) is 0.746. The molecule has 1 aromatic carbocycles. The van der Waals surface area contributed by atoms with Crippen molar-refractivity contribution in [3.63, 3.8) is 0 Å². The number of fused-ring (bicyclic) bond motifs is 2. The molecular formula is C16H18N4OS. The number of carbonyl (C=O) groups is 1. The number of carbonyl (C=O) groups excluding carboxylic acids is 1. The van der Waals surface area contributed by atoms with Crippen LogP contribution >= 0.6 is 11.8 Å². The Bertz CT molecular complexity index is 717. The van der Waals surface area contributed by atoms with E-state index in [-0.39, 0.29) is 29.3 Å². The van der Waals surface area contributed by atoms with Crippen molar-refractivity contribution in [3.05, 3.63) is 42.1 Å². The lowest BCUT2D eigenvalue weighted by Crippen LogP contribution is -2.46. The molecule has 0 bridgehead atoms. The van der Waals surface area contributed by atoms with E-state index in [1.807, 2.05) is 12.3 Å². The Morgan fingerprint density at radius 1 is 1.23 bits per heavy atom. The van der Waals surface area contributed by atoms with Crippen LogP contribution in [0.1, 0.15) is 17.7 Å². The molecule has 4 unspecified atom stereocenters. The Hall–Kier alpha value is -1.63. The van der Waals surface area contributed by atoms with Crippen molar-refractivity contribution in [3.8, 4) is 0 Å². The predicted molar refractivity (Wildman–Crippen MR) is 88.1 cm³/mol. The molecule has 2 aromatic rings. The summed E-state index contributed by atoms with van der Waals surface area (Å²) in [5, 5.41) is 4.43. The minimum Gasteiger partial charge on any atom is -0.338 e. The molecule has 22 heavy (non-hydrogen) atoms. The summed E-state index contributed by atoms with van der Waals surface area (Å²) in [6.07, 6.45) is 1.80. The second-order valence-electron chi connectivity index (χ2n) is 5.85. The van der Waals surface area contributed by atoms with Crippen LogP contribution < -0.4 is 16.2 Å². The van der Waals surface area contributed by atoms with Crippen LogP contribution in [0.4, 0.5) is 0 Å². The topological polar surface area (TPSA) is 66.0 Å². The molecule has 3 heterocycles. The zero-order chi connectivity index (χ0) is 15.1. The summed E-state index contributed by atoms with van der Waals surface area (Å²) in [4.78, 5) is 16.5. The number of hydrazine groups is 1. The summed E-state index contributed by atoms with van der Waals surface area (Å²) in [5.41, 5.74) is 8.72. The van der Waals surface area contributed by atoms with Crippen LogP contribution in [0.3, 0.4) is 0 Å². The van der Waals surface area contributed by atoms with E-state index in [1.54, 1.807) is 11.8 Å². The van der Waals surface area contributed by atoms with E-state index >= 15 is 0 Å². The van der Waals surface area contributed by atoms with Crippen molar-refractivity contribution < 1.29 is 4.79 Å². The highest BCUT2D eigenvalue weighted by atomic mass is 32.2. The van der Waals surface area contributed by atoms with E-state index in [2.05, 4.69) is 52.3 Å². The van der Waals surface area contributed by atoms with Gasteiger partial charge in [-0.15, -0.1) is 11.8 Å². The number of aromatic nitrogens is 1. The van der Waals surface area contributed by atoms with E-state index in [0.717, 1.165) is 10.9 Å². The zero-order valence-corrected chi connectivity index (χ0v) is 13.1. The fourth-order valence-corrected chi connectivity index (χ4v) is 4.82. The van der Waals surface area contributed by atoms with Gasteiger partial charge in [0.05, 0.1) is 17.4 Å². The van der Waals surface area contributed by atoms with Gasteiger partial charge < -0.3 is 5.32 Å². The fourth-order valence-electron chi connectivity index (χ4n) is 3.42. The third kappa shape index (κ3) is 2.27. The standard InChI is InChI=1S/C16H18N4OS/c1-9-13-15(22-8-12(21)18-16(13)20-19-9)11-6-2-4-10-5-3-7-17-14(10)11/h2-7,9,13,15-16,19-20H,8H2,1H3,(H,18,21). The van der Waals surface area contributed by atoms with Gasteiger partial charge in [0.1, 0.15) is 0 Å². The molecule has 4 rings (SSSR count). The van der Waals surface area contributed by atoms with Gasteiger partial charge in [0.25, 0.3) is 0 Å². The van der Waals surface area contributed by atoms with E-state index in [4.69, 9.17) is 0 Å². The second kappa shape index (κ2) is 5.53. The molecule has 5 nitrogen and oxygen atoms in total. The van der Waals surface area contributed by atoms with Gasteiger partial charge in [0.2, 0.25) is 5.91 Å². The molecule has 1 amide bonds. The highest BCUT2D eigenvalue weighted by Crippen LogP contribution is 2.43. The van der Waals surface area contributed by atoms with Crippen molar-refractivity contribution in [2.75, 3.05) is 5.75 Å². The number of thioether (sulfide) groups is 1. The summed E-state index contributed by atoms with van der Waals surface area (Å²) in [5.74, 6) is 0.845. The molecule has 0 radical (unpaired) electrons. The average Bonchev–Trinajstić information content (AvgIpc) is 2.79. The van der Waals surface area contributed by atoms with E-state index in [0.29, 0.717) is 5.75 Å². The summed E-state index contributed by atoms with van der Waals surface area (Å²) in [6.45, 7) is 2.15. The maximum absolute atomic E-state index is 12.0. The second-order valence-corrected chi connectivity index (χ2v) is 6.98. The number of hydrogen-bond acceptors (Lipinski definition) is 5. The smallest absolute Gasteiger partial charge is 0.231 e. The number of nitrogens with one attached hydrogen (secondary N) is 3. The molecule has 4 atom stereocenters. The van der Waals surface area contributed by atoms with E-state index < -0.39 is 0 Å². The van der Waals surface area contributed by atoms with Gasteiger partial charge in [-0.2, -0.15) is 0 Å². The minimum atomic E-state index is -0.0403. The van der Waals surface area contributed by atoms with Crippen LogP contribution in [0.2, 0.25) is 0 Å². The molecule has 2 aliphatic rings. The highest BCUT2D eigenvalue weighted by Gasteiger charge is 2.43. The molecule has 2 fully saturated rings. The highest BCUT2D eigenvalue weighted by molar-refractivity contribution is 8.00. The van der Waals surface area contributed by atoms with Crippen LogP contribution in [0.15, 0.2) is 36.5 Å². The van der Waals surface area contributed by atoms with Crippen molar-refractivity contribution in [1.29, 1.82) is 0 Å². The fraction of sp³-hybridized carbons (Fsp3) is 0.375. The first-order valence-electron chi connectivity index (χ1n) is 7.50. The van der Waals surface area contributed by atoms with E-state index in [9.17, 15) is 4.79 Å². The van der Waals surface area contributed by atoms with Gasteiger partial charge >= 0.3 is 0 Å². The minimum absolute atomic E-state index is 0.0403. The first kappa shape index (κ1) is 14.0.